The van der Waals surface area contributed by atoms with E-state index in [1.165, 1.54) is 0 Å². The molecule has 0 aromatic carbocycles. The molecule has 11 heavy (non-hydrogen) atoms. The molecule has 0 bridgehead atoms. The smallest absolute Gasteiger partial charge is 0.0746 e. The van der Waals surface area contributed by atoms with Crippen molar-refractivity contribution in [1.29, 1.82) is 0 Å². The van der Waals surface area contributed by atoms with Gasteiger partial charge in [-0.15, -0.1) is 0 Å². The molecule has 2 heterocycles. The van der Waals surface area contributed by atoms with E-state index < -0.39 is 0 Å². The number of aliphatic hydroxyl groups excluding tert-OH is 2. The first kappa shape index (κ1) is 7.28. The second-order valence-corrected chi connectivity index (χ2v) is 3.23. The van der Waals surface area contributed by atoms with Gasteiger partial charge in [0.1, 0.15) is 0 Å². The first-order valence-corrected chi connectivity index (χ1v) is 4.05. The molecule has 2 aliphatic rings. The van der Waals surface area contributed by atoms with Crippen molar-refractivity contribution in [2.24, 2.45) is 0 Å². The summed E-state index contributed by atoms with van der Waals surface area (Å²) in [6.07, 6.45) is 2.62. The van der Waals surface area contributed by atoms with Gasteiger partial charge in [0.05, 0.1) is 18.8 Å². The van der Waals surface area contributed by atoms with Gasteiger partial charge in [0.2, 0.25) is 0 Å². The van der Waals surface area contributed by atoms with Crippen molar-refractivity contribution in [1.82, 2.24) is 4.90 Å². The second-order valence-electron chi connectivity index (χ2n) is 3.23. The lowest BCUT2D eigenvalue weighted by atomic mass is 10.1. The molecule has 3 nitrogen and oxygen atoms in total. The number of nitrogens with zero attached hydrogens (tertiary/aromatic N) is 1. The Morgan fingerprint density at radius 1 is 1.64 bits per heavy atom. The van der Waals surface area contributed by atoms with Gasteiger partial charge < -0.3 is 10.2 Å². The first-order valence-electron chi connectivity index (χ1n) is 4.05. The minimum atomic E-state index is -0.254. The van der Waals surface area contributed by atoms with Crippen molar-refractivity contribution < 1.29 is 10.2 Å². The fourth-order valence-electron chi connectivity index (χ4n) is 2.04. The molecule has 2 N–H and O–H groups in total. The van der Waals surface area contributed by atoms with Gasteiger partial charge in [-0.2, -0.15) is 0 Å². The van der Waals surface area contributed by atoms with Crippen LogP contribution in [0.3, 0.4) is 0 Å². The third-order valence-corrected chi connectivity index (χ3v) is 2.62. The van der Waals surface area contributed by atoms with Crippen molar-refractivity contribution in [2.75, 3.05) is 19.7 Å². The van der Waals surface area contributed by atoms with Crippen LogP contribution in [0, 0.1) is 0 Å². The lowest BCUT2D eigenvalue weighted by Gasteiger charge is -2.19. The Bertz CT molecular complexity index is 191. The Kier molecular flexibility index (Phi) is 1.71. The zero-order chi connectivity index (χ0) is 7.84. The van der Waals surface area contributed by atoms with Crippen LogP contribution < -0.4 is 0 Å². The molecule has 0 radical (unpaired) electrons. The Morgan fingerprint density at radius 2 is 2.45 bits per heavy atom. The molecule has 3 heteroatoms. The standard InChI is InChI=1S/C8H13NO2/c10-5-6-1-3-9-4-2-7(11)8(6)9/h1,7-8,10-11H,2-5H2/t7?,8-/m1/s1. The van der Waals surface area contributed by atoms with Crippen LogP contribution in [0.2, 0.25) is 0 Å². The molecule has 62 valence electrons. The molecule has 2 atom stereocenters. The van der Waals surface area contributed by atoms with Crippen LogP contribution in [0.1, 0.15) is 6.42 Å². The quantitative estimate of drug-likeness (QED) is 0.495. The van der Waals surface area contributed by atoms with Crippen molar-refractivity contribution in [3.63, 3.8) is 0 Å². The van der Waals surface area contributed by atoms with Crippen LogP contribution in [0.5, 0.6) is 0 Å². The highest BCUT2D eigenvalue weighted by Crippen LogP contribution is 2.28. The summed E-state index contributed by atoms with van der Waals surface area (Å²) < 4.78 is 0. The third-order valence-electron chi connectivity index (χ3n) is 2.62. The Hall–Kier alpha value is -0.380. The fourth-order valence-corrected chi connectivity index (χ4v) is 2.04. The Morgan fingerprint density at radius 3 is 3.18 bits per heavy atom. The highest BCUT2D eigenvalue weighted by Gasteiger charge is 2.37. The van der Waals surface area contributed by atoms with E-state index in [0.29, 0.717) is 0 Å². The highest BCUT2D eigenvalue weighted by molar-refractivity contribution is 5.22. The minimum absolute atomic E-state index is 0.0955. The normalized spacial score (nSPS) is 37.5. The van der Waals surface area contributed by atoms with E-state index in [-0.39, 0.29) is 18.8 Å². The zero-order valence-electron chi connectivity index (χ0n) is 6.40. The number of hydrogen-bond donors (Lipinski definition) is 2. The summed E-state index contributed by atoms with van der Waals surface area (Å²) in [5.41, 5.74) is 0.995. The Balaban J connectivity index is 2.15. The average Bonchev–Trinajstić information content (AvgIpc) is 2.54. The number of aliphatic hydroxyl groups is 2. The topological polar surface area (TPSA) is 43.7 Å². The van der Waals surface area contributed by atoms with E-state index in [0.717, 1.165) is 25.1 Å². The number of rotatable bonds is 1. The van der Waals surface area contributed by atoms with Crippen molar-refractivity contribution in [3.8, 4) is 0 Å². The van der Waals surface area contributed by atoms with Crippen LogP contribution in [-0.4, -0.2) is 47.0 Å². The van der Waals surface area contributed by atoms with Crippen molar-refractivity contribution in [2.45, 2.75) is 18.6 Å². The maximum absolute atomic E-state index is 9.51. The average molecular weight is 155 g/mol. The van der Waals surface area contributed by atoms with Crippen LogP contribution in [0.25, 0.3) is 0 Å². The van der Waals surface area contributed by atoms with Crippen LogP contribution >= 0.6 is 0 Å². The molecule has 1 fully saturated rings. The van der Waals surface area contributed by atoms with Gasteiger partial charge in [-0.1, -0.05) is 6.08 Å². The Labute approximate surface area is 65.9 Å². The molecule has 0 aromatic rings. The van der Waals surface area contributed by atoms with Gasteiger partial charge in [-0.05, 0) is 12.0 Å². The summed E-state index contributed by atoms with van der Waals surface area (Å²) in [5, 5.41) is 18.4. The molecule has 0 aromatic heterocycles. The van der Waals surface area contributed by atoms with Gasteiger partial charge in [0, 0.05) is 13.1 Å². The van der Waals surface area contributed by atoms with Gasteiger partial charge >= 0.3 is 0 Å². The number of fused-ring (bicyclic) bond motifs is 1. The van der Waals surface area contributed by atoms with E-state index in [4.69, 9.17) is 5.11 Å². The monoisotopic (exact) mass is 155 g/mol. The molecule has 1 saturated heterocycles. The van der Waals surface area contributed by atoms with E-state index in [1.54, 1.807) is 0 Å². The molecule has 0 saturated carbocycles. The highest BCUT2D eigenvalue weighted by atomic mass is 16.3. The second kappa shape index (κ2) is 2.59. The summed E-state index contributed by atoms with van der Waals surface area (Å²) in [7, 11) is 0. The van der Waals surface area contributed by atoms with Gasteiger partial charge in [-0.25, -0.2) is 0 Å². The van der Waals surface area contributed by atoms with Gasteiger partial charge in [-0.3, -0.25) is 4.90 Å². The molecule has 1 unspecified atom stereocenters. The molecular weight excluding hydrogens is 142 g/mol. The predicted octanol–water partition coefficient (Wildman–Crippen LogP) is -0.646. The van der Waals surface area contributed by atoms with E-state index in [2.05, 4.69) is 4.90 Å². The van der Waals surface area contributed by atoms with E-state index in [1.807, 2.05) is 6.08 Å². The summed E-state index contributed by atoms with van der Waals surface area (Å²) in [6, 6.07) is 0.125. The molecular formula is C8H13NO2. The maximum atomic E-state index is 9.51. The fraction of sp³-hybridized carbons (Fsp3) is 0.750. The maximum Gasteiger partial charge on any atom is 0.0746 e. The first-order chi connectivity index (χ1) is 5.33. The van der Waals surface area contributed by atoms with Gasteiger partial charge in [0.15, 0.2) is 0 Å². The van der Waals surface area contributed by atoms with Crippen LogP contribution in [0.4, 0.5) is 0 Å². The molecule has 0 aliphatic carbocycles. The molecule has 2 rings (SSSR count). The summed E-state index contributed by atoms with van der Waals surface area (Å²) in [6.45, 7) is 1.96. The number of hydrogen-bond acceptors (Lipinski definition) is 3. The van der Waals surface area contributed by atoms with E-state index in [9.17, 15) is 5.11 Å². The lowest BCUT2D eigenvalue weighted by molar-refractivity contribution is 0.140. The SMILES string of the molecule is OCC1=CCN2CCC(O)[C@@H]12. The van der Waals surface area contributed by atoms with Crippen LogP contribution in [-0.2, 0) is 0 Å². The van der Waals surface area contributed by atoms with Crippen molar-refractivity contribution >= 4 is 0 Å². The third kappa shape index (κ3) is 1.00. The largest absolute Gasteiger partial charge is 0.392 e. The molecule has 2 aliphatic heterocycles. The van der Waals surface area contributed by atoms with Gasteiger partial charge in [0.25, 0.3) is 0 Å². The minimum Gasteiger partial charge on any atom is -0.392 e. The van der Waals surface area contributed by atoms with Crippen molar-refractivity contribution in [3.05, 3.63) is 11.6 Å². The molecule has 0 spiro atoms. The predicted molar refractivity (Wildman–Crippen MR) is 41.2 cm³/mol. The summed E-state index contributed by atoms with van der Waals surface area (Å²) >= 11 is 0. The lowest BCUT2D eigenvalue weighted by Crippen LogP contribution is -2.32. The summed E-state index contributed by atoms with van der Waals surface area (Å²) in [4.78, 5) is 2.20. The van der Waals surface area contributed by atoms with Crippen LogP contribution in [0.15, 0.2) is 11.6 Å². The molecule has 0 amide bonds. The summed E-state index contributed by atoms with van der Waals surface area (Å²) in [5.74, 6) is 0. The zero-order valence-corrected chi connectivity index (χ0v) is 6.40. The van der Waals surface area contributed by atoms with E-state index >= 15 is 0 Å².